The summed E-state index contributed by atoms with van der Waals surface area (Å²) in [6, 6.07) is 16.9. The largest absolute Gasteiger partial charge is 0.0616 e. The van der Waals surface area contributed by atoms with Gasteiger partial charge in [-0.05, 0) is 59.4 Å². The van der Waals surface area contributed by atoms with Crippen molar-refractivity contribution in [1.82, 2.24) is 0 Å². The van der Waals surface area contributed by atoms with Crippen molar-refractivity contribution in [3.05, 3.63) is 82.7 Å². The van der Waals surface area contributed by atoms with Crippen molar-refractivity contribution in [1.29, 1.82) is 0 Å². The van der Waals surface area contributed by atoms with E-state index in [4.69, 9.17) is 0 Å². The van der Waals surface area contributed by atoms with Crippen molar-refractivity contribution >= 4 is 33.2 Å². The van der Waals surface area contributed by atoms with Crippen LogP contribution in [0.15, 0.2) is 59.1 Å². The lowest BCUT2D eigenvalue weighted by atomic mass is 10.0. The number of benzene rings is 2. The van der Waals surface area contributed by atoms with Gasteiger partial charge in [0.1, 0.15) is 0 Å². The second-order valence-electron chi connectivity index (χ2n) is 4.62. The Labute approximate surface area is 122 Å². The molecule has 0 spiro atoms. The van der Waals surface area contributed by atoms with Gasteiger partial charge in [-0.15, -0.1) is 0 Å². The molecule has 0 heterocycles. The summed E-state index contributed by atoms with van der Waals surface area (Å²) in [7, 11) is 0. The van der Waals surface area contributed by atoms with E-state index >= 15 is 0 Å². The molecule has 3 rings (SSSR count). The van der Waals surface area contributed by atoms with Gasteiger partial charge < -0.3 is 0 Å². The van der Waals surface area contributed by atoms with E-state index in [9.17, 15) is 0 Å². The van der Waals surface area contributed by atoms with Gasteiger partial charge >= 0.3 is 0 Å². The molecule has 2 aromatic carbocycles. The first-order valence-electron chi connectivity index (χ1n) is 6.35. The first-order valence-corrected chi connectivity index (χ1v) is 7.14. The summed E-state index contributed by atoms with van der Waals surface area (Å²) in [4.78, 5) is 0. The Hall–Kier alpha value is -1.60. The maximum absolute atomic E-state index is 4.02. The lowest BCUT2D eigenvalue weighted by Gasteiger charge is -2.03. The van der Waals surface area contributed by atoms with Gasteiger partial charge in [-0.1, -0.05) is 58.4 Å². The fourth-order valence-corrected chi connectivity index (χ4v) is 2.88. The Morgan fingerprint density at radius 3 is 2.53 bits per heavy atom. The van der Waals surface area contributed by atoms with E-state index in [0.29, 0.717) is 0 Å². The Kier molecular flexibility index (Phi) is 3.39. The minimum Gasteiger partial charge on any atom is -0.0616 e. The van der Waals surface area contributed by atoms with Crippen LogP contribution in [0.4, 0.5) is 0 Å². The van der Waals surface area contributed by atoms with Crippen LogP contribution in [0.2, 0.25) is 0 Å². The van der Waals surface area contributed by atoms with E-state index < -0.39 is 0 Å². The standard InChI is InChI=1S/C18H14Br/c1-2-14-12-15(18-9-4-3-8-17(14)18)10-13-6-5-7-16(19)11-13/h3-12H,1-2H2. The van der Waals surface area contributed by atoms with E-state index in [1.807, 2.05) is 6.07 Å². The summed E-state index contributed by atoms with van der Waals surface area (Å²) in [5.74, 6) is 0. The molecule has 0 saturated heterocycles. The average molecular weight is 310 g/mol. The molecule has 1 heteroatoms. The Balaban J connectivity index is 2.09. The van der Waals surface area contributed by atoms with E-state index in [0.717, 1.165) is 10.9 Å². The molecule has 0 bridgehead atoms. The number of fused-ring (bicyclic) bond motifs is 1. The maximum Gasteiger partial charge on any atom is 0.0181 e. The minimum absolute atomic E-state index is 0.826. The highest BCUT2D eigenvalue weighted by Gasteiger charge is 2.15. The monoisotopic (exact) mass is 309 g/mol. The Bertz CT molecular complexity index is 678. The van der Waals surface area contributed by atoms with Crippen molar-refractivity contribution in [3.8, 4) is 0 Å². The molecule has 19 heavy (non-hydrogen) atoms. The van der Waals surface area contributed by atoms with E-state index in [-0.39, 0.29) is 0 Å². The van der Waals surface area contributed by atoms with Gasteiger partial charge in [-0.25, -0.2) is 0 Å². The minimum atomic E-state index is 0.826. The van der Waals surface area contributed by atoms with Crippen LogP contribution >= 0.6 is 15.9 Å². The molecule has 2 aromatic rings. The Morgan fingerprint density at radius 1 is 1.00 bits per heavy atom. The van der Waals surface area contributed by atoms with Crippen LogP contribution in [0.3, 0.4) is 0 Å². The first kappa shape index (κ1) is 12.4. The summed E-state index contributed by atoms with van der Waals surface area (Å²) in [5, 5.41) is 0. The van der Waals surface area contributed by atoms with Crippen molar-refractivity contribution in [2.45, 2.75) is 6.42 Å². The van der Waals surface area contributed by atoms with Crippen molar-refractivity contribution in [2.75, 3.05) is 0 Å². The average Bonchev–Trinajstić information content (AvgIpc) is 2.77. The van der Waals surface area contributed by atoms with E-state index in [1.54, 1.807) is 0 Å². The van der Waals surface area contributed by atoms with Gasteiger partial charge in [0.15, 0.2) is 0 Å². The highest BCUT2D eigenvalue weighted by atomic mass is 79.9. The second kappa shape index (κ2) is 5.18. The molecule has 0 aliphatic heterocycles. The van der Waals surface area contributed by atoms with E-state index in [1.165, 1.54) is 27.8 Å². The highest BCUT2D eigenvalue weighted by molar-refractivity contribution is 9.10. The third-order valence-corrected chi connectivity index (χ3v) is 3.85. The summed E-state index contributed by atoms with van der Waals surface area (Å²) in [6.07, 6.45) is 5.30. The summed E-state index contributed by atoms with van der Waals surface area (Å²) in [5.41, 5.74) is 6.42. The number of hydrogen-bond donors (Lipinski definition) is 0. The fourth-order valence-electron chi connectivity index (χ4n) is 2.46. The summed E-state index contributed by atoms with van der Waals surface area (Å²) >= 11 is 3.51. The molecule has 0 unspecified atom stereocenters. The molecule has 1 aliphatic rings. The van der Waals surface area contributed by atoms with Crippen molar-refractivity contribution < 1.29 is 0 Å². The van der Waals surface area contributed by atoms with Crippen LogP contribution in [0.5, 0.6) is 0 Å². The molecule has 0 amide bonds. The zero-order valence-electron chi connectivity index (χ0n) is 10.6. The van der Waals surface area contributed by atoms with Gasteiger partial charge in [0.05, 0.1) is 0 Å². The topological polar surface area (TPSA) is 0 Å². The lowest BCUT2D eigenvalue weighted by molar-refractivity contribution is 1.41. The van der Waals surface area contributed by atoms with E-state index in [2.05, 4.69) is 77.5 Å². The molecule has 0 N–H and O–H groups in total. The quantitative estimate of drug-likeness (QED) is 0.676. The predicted molar refractivity (Wildman–Crippen MR) is 86.4 cm³/mol. The third-order valence-electron chi connectivity index (χ3n) is 3.35. The van der Waals surface area contributed by atoms with Gasteiger partial charge in [-0.2, -0.15) is 0 Å². The van der Waals surface area contributed by atoms with Crippen LogP contribution in [-0.2, 0) is 0 Å². The van der Waals surface area contributed by atoms with Crippen LogP contribution in [-0.4, -0.2) is 0 Å². The number of allylic oxidation sites excluding steroid dienone is 3. The molecule has 1 aliphatic carbocycles. The number of hydrogen-bond acceptors (Lipinski definition) is 0. The van der Waals surface area contributed by atoms with Gasteiger partial charge in [0, 0.05) is 4.47 Å². The van der Waals surface area contributed by atoms with Gasteiger partial charge in [0.2, 0.25) is 0 Å². The molecule has 0 fully saturated rings. The first-order chi connectivity index (χ1) is 9.28. The lowest BCUT2D eigenvalue weighted by Crippen LogP contribution is -1.82. The Morgan fingerprint density at radius 2 is 1.79 bits per heavy atom. The van der Waals surface area contributed by atoms with Crippen LogP contribution < -0.4 is 0 Å². The number of halogens is 1. The normalized spacial score (nSPS) is 15.5. The zero-order valence-corrected chi connectivity index (χ0v) is 12.2. The molecule has 0 nitrogen and oxygen atoms in total. The molecule has 0 saturated carbocycles. The van der Waals surface area contributed by atoms with Crippen LogP contribution in [0, 0.1) is 6.92 Å². The molecular weight excluding hydrogens is 296 g/mol. The molecule has 0 aromatic heterocycles. The van der Waals surface area contributed by atoms with Gasteiger partial charge in [-0.3, -0.25) is 0 Å². The van der Waals surface area contributed by atoms with Crippen LogP contribution in [0.25, 0.3) is 17.2 Å². The van der Waals surface area contributed by atoms with Crippen molar-refractivity contribution in [3.63, 3.8) is 0 Å². The molecular formula is C18H14Br. The zero-order chi connectivity index (χ0) is 13.2. The number of rotatable bonds is 2. The van der Waals surface area contributed by atoms with Crippen molar-refractivity contribution in [2.24, 2.45) is 0 Å². The molecule has 1 radical (unpaired) electrons. The highest BCUT2D eigenvalue weighted by Crippen LogP contribution is 2.37. The molecule has 0 atom stereocenters. The summed E-state index contributed by atoms with van der Waals surface area (Å²) < 4.78 is 1.11. The van der Waals surface area contributed by atoms with Gasteiger partial charge in [0.25, 0.3) is 0 Å². The SMILES string of the molecule is [CH2]CC1=CC(=Cc2cccc(Br)c2)c2ccccc21. The third kappa shape index (κ3) is 2.43. The predicted octanol–water partition coefficient (Wildman–Crippen LogP) is 5.61. The maximum atomic E-state index is 4.02. The summed E-state index contributed by atoms with van der Waals surface area (Å²) in [6.45, 7) is 4.02. The smallest absolute Gasteiger partial charge is 0.0181 e. The van der Waals surface area contributed by atoms with Crippen LogP contribution in [0.1, 0.15) is 23.1 Å². The molecule has 93 valence electrons. The fraction of sp³-hybridized carbons (Fsp3) is 0.0556. The second-order valence-corrected chi connectivity index (χ2v) is 5.54.